The van der Waals surface area contributed by atoms with Gasteiger partial charge in [-0.2, -0.15) is 0 Å². The highest BCUT2D eigenvalue weighted by Crippen LogP contribution is 2.32. The highest BCUT2D eigenvalue weighted by molar-refractivity contribution is 7.99. The Morgan fingerprint density at radius 3 is 2.69 bits per heavy atom. The molecule has 4 nitrogen and oxygen atoms in total. The number of rotatable bonds is 9. The van der Waals surface area contributed by atoms with E-state index in [-0.39, 0.29) is 5.91 Å². The summed E-state index contributed by atoms with van der Waals surface area (Å²) in [6.07, 6.45) is 5.82. The molecule has 0 aliphatic carbocycles. The van der Waals surface area contributed by atoms with Gasteiger partial charge >= 0.3 is 0 Å². The second-order valence-electron chi connectivity index (χ2n) is 7.72. The Kier molecular flexibility index (Phi) is 7.55. The zero-order valence-electron chi connectivity index (χ0n) is 18.5. The molecule has 32 heavy (non-hydrogen) atoms. The fourth-order valence-corrected chi connectivity index (χ4v) is 5.40. The number of aryl methyl sites for hydroxylation is 2. The van der Waals surface area contributed by atoms with E-state index in [9.17, 15) is 4.79 Å². The first-order valence-corrected chi connectivity index (χ1v) is 12.7. The number of carbonyl (C=O) groups is 1. The number of carbonyl (C=O) groups excluding carboxylic acids is 1. The third kappa shape index (κ3) is 5.56. The maximum Gasteiger partial charge on any atom is 0.229 e. The van der Waals surface area contributed by atoms with E-state index in [4.69, 9.17) is 4.98 Å². The van der Waals surface area contributed by atoms with Gasteiger partial charge in [-0.15, -0.1) is 11.8 Å². The molecule has 6 heteroatoms. The van der Waals surface area contributed by atoms with Crippen LogP contribution in [0, 0.1) is 6.92 Å². The Bertz CT molecular complexity index is 1170. The van der Waals surface area contributed by atoms with Crippen LogP contribution in [0.15, 0.2) is 71.9 Å². The van der Waals surface area contributed by atoms with E-state index in [0.29, 0.717) is 13.0 Å². The lowest BCUT2D eigenvalue weighted by Crippen LogP contribution is -2.30. The van der Waals surface area contributed by atoms with Crippen molar-refractivity contribution in [1.82, 2.24) is 9.97 Å². The molecule has 2 heterocycles. The van der Waals surface area contributed by atoms with Gasteiger partial charge in [0.2, 0.25) is 5.91 Å². The van der Waals surface area contributed by atoms with Gasteiger partial charge in [0.1, 0.15) is 0 Å². The number of nitrogens with zero attached hydrogens (tertiary/aromatic N) is 3. The van der Waals surface area contributed by atoms with Crippen molar-refractivity contribution in [2.75, 3.05) is 10.7 Å². The van der Waals surface area contributed by atoms with Crippen LogP contribution in [0.1, 0.15) is 36.5 Å². The number of hydrogen-bond donors (Lipinski definition) is 0. The number of hydrogen-bond acceptors (Lipinski definition) is 5. The molecular formula is C26H27N3OS2. The molecule has 0 spiro atoms. The molecule has 0 aliphatic heterocycles. The number of amides is 1. The second-order valence-corrected chi connectivity index (χ2v) is 9.90. The van der Waals surface area contributed by atoms with Crippen LogP contribution in [-0.4, -0.2) is 21.6 Å². The zero-order chi connectivity index (χ0) is 22.3. The van der Waals surface area contributed by atoms with E-state index in [0.717, 1.165) is 39.5 Å². The van der Waals surface area contributed by atoms with Crippen LogP contribution < -0.4 is 4.90 Å². The average molecular weight is 462 g/mol. The third-order valence-electron chi connectivity index (χ3n) is 5.29. The number of aromatic nitrogens is 2. The SMILES string of the molecule is CCc1cccc2sc(N(Cc3cccnc3)C(=O)CCCSc3ccc(C)cc3)nc12. The lowest BCUT2D eigenvalue weighted by atomic mass is 10.1. The molecule has 4 aromatic rings. The summed E-state index contributed by atoms with van der Waals surface area (Å²) in [6, 6.07) is 18.7. The lowest BCUT2D eigenvalue weighted by Gasteiger charge is -2.20. The fraction of sp³-hybridized carbons (Fsp3) is 0.269. The molecule has 2 aromatic carbocycles. The summed E-state index contributed by atoms with van der Waals surface area (Å²) in [5.41, 5.74) is 4.49. The van der Waals surface area contributed by atoms with Crippen molar-refractivity contribution in [2.24, 2.45) is 0 Å². The molecular weight excluding hydrogens is 434 g/mol. The van der Waals surface area contributed by atoms with E-state index in [1.807, 2.05) is 23.2 Å². The van der Waals surface area contributed by atoms with E-state index >= 15 is 0 Å². The van der Waals surface area contributed by atoms with Crippen molar-refractivity contribution >= 4 is 44.4 Å². The smallest absolute Gasteiger partial charge is 0.229 e. The molecule has 0 unspecified atom stereocenters. The highest BCUT2D eigenvalue weighted by atomic mass is 32.2. The maximum atomic E-state index is 13.3. The van der Waals surface area contributed by atoms with Crippen molar-refractivity contribution in [3.8, 4) is 0 Å². The molecule has 2 aromatic heterocycles. The van der Waals surface area contributed by atoms with Gasteiger partial charge in [0, 0.05) is 23.7 Å². The molecule has 4 rings (SSSR count). The summed E-state index contributed by atoms with van der Waals surface area (Å²) >= 11 is 3.39. The topological polar surface area (TPSA) is 46.1 Å². The minimum atomic E-state index is 0.107. The minimum absolute atomic E-state index is 0.107. The number of benzene rings is 2. The first kappa shape index (κ1) is 22.5. The molecule has 0 atom stereocenters. The van der Waals surface area contributed by atoms with Crippen molar-refractivity contribution in [2.45, 2.75) is 44.6 Å². The predicted molar refractivity (Wildman–Crippen MR) is 136 cm³/mol. The van der Waals surface area contributed by atoms with Crippen LogP contribution in [0.5, 0.6) is 0 Å². The normalized spacial score (nSPS) is 11.1. The lowest BCUT2D eigenvalue weighted by molar-refractivity contribution is -0.118. The average Bonchev–Trinajstić information content (AvgIpc) is 3.26. The van der Waals surface area contributed by atoms with E-state index < -0.39 is 0 Å². The summed E-state index contributed by atoms with van der Waals surface area (Å²) in [5, 5.41) is 0.765. The van der Waals surface area contributed by atoms with E-state index in [1.54, 1.807) is 29.3 Å². The number of thioether (sulfide) groups is 1. The van der Waals surface area contributed by atoms with Crippen LogP contribution in [-0.2, 0) is 17.8 Å². The van der Waals surface area contributed by atoms with Crippen molar-refractivity contribution in [1.29, 1.82) is 0 Å². The first-order chi connectivity index (χ1) is 15.6. The van der Waals surface area contributed by atoms with Gasteiger partial charge in [0.05, 0.1) is 16.8 Å². The fourth-order valence-electron chi connectivity index (χ4n) is 3.51. The van der Waals surface area contributed by atoms with Crippen molar-refractivity contribution in [3.63, 3.8) is 0 Å². The number of para-hydroxylation sites is 1. The van der Waals surface area contributed by atoms with E-state index in [2.05, 4.69) is 61.3 Å². The number of thiazole rings is 1. The molecule has 0 saturated carbocycles. The van der Waals surface area contributed by atoms with Crippen molar-refractivity contribution < 1.29 is 4.79 Å². The summed E-state index contributed by atoms with van der Waals surface area (Å²) in [6.45, 7) is 4.71. The summed E-state index contributed by atoms with van der Waals surface area (Å²) < 4.78 is 1.12. The number of fused-ring (bicyclic) bond motifs is 1. The Morgan fingerprint density at radius 1 is 1.09 bits per heavy atom. The zero-order valence-corrected chi connectivity index (χ0v) is 20.1. The Balaban J connectivity index is 1.48. The summed E-state index contributed by atoms with van der Waals surface area (Å²) in [4.78, 5) is 25.5. The Morgan fingerprint density at radius 2 is 1.94 bits per heavy atom. The summed E-state index contributed by atoms with van der Waals surface area (Å²) in [7, 11) is 0. The van der Waals surface area contributed by atoms with Crippen LogP contribution in [0.3, 0.4) is 0 Å². The maximum absolute atomic E-state index is 13.3. The van der Waals surface area contributed by atoms with Gasteiger partial charge in [-0.25, -0.2) is 4.98 Å². The number of anilines is 1. The minimum Gasteiger partial charge on any atom is -0.284 e. The van der Waals surface area contributed by atoms with Gasteiger partial charge in [-0.05, 0) is 60.9 Å². The Hall–Kier alpha value is -2.70. The third-order valence-corrected chi connectivity index (χ3v) is 7.43. The molecule has 1 amide bonds. The molecule has 164 valence electrons. The highest BCUT2D eigenvalue weighted by Gasteiger charge is 2.20. The second kappa shape index (κ2) is 10.7. The molecule has 0 saturated heterocycles. The predicted octanol–water partition coefficient (Wildman–Crippen LogP) is 6.67. The molecule has 0 bridgehead atoms. The molecule has 0 radical (unpaired) electrons. The van der Waals surface area contributed by atoms with Gasteiger partial charge in [-0.1, -0.05) is 54.2 Å². The van der Waals surface area contributed by atoms with E-state index in [1.165, 1.54) is 16.0 Å². The van der Waals surface area contributed by atoms with Gasteiger partial charge < -0.3 is 0 Å². The van der Waals surface area contributed by atoms with Crippen LogP contribution in [0.4, 0.5) is 5.13 Å². The van der Waals surface area contributed by atoms with Crippen LogP contribution in [0.25, 0.3) is 10.2 Å². The number of pyridine rings is 1. The monoisotopic (exact) mass is 461 g/mol. The molecule has 0 aliphatic rings. The van der Waals surface area contributed by atoms with Crippen molar-refractivity contribution in [3.05, 3.63) is 83.7 Å². The standard InChI is InChI=1S/C26H27N3OS2/c1-3-21-8-4-9-23-25(21)28-26(32-23)29(18-20-7-5-15-27-17-20)24(30)10-6-16-31-22-13-11-19(2)12-14-22/h4-5,7-9,11-15,17H,3,6,10,16,18H2,1-2H3. The summed E-state index contributed by atoms with van der Waals surface area (Å²) in [5.74, 6) is 1.02. The van der Waals surface area contributed by atoms with Gasteiger partial charge in [0.15, 0.2) is 5.13 Å². The first-order valence-electron chi connectivity index (χ1n) is 10.9. The van der Waals surface area contributed by atoms with Gasteiger partial charge in [0.25, 0.3) is 0 Å². The van der Waals surface area contributed by atoms with Crippen LogP contribution >= 0.6 is 23.1 Å². The Labute approximate surface area is 197 Å². The molecule has 0 N–H and O–H groups in total. The van der Waals surface area contributed by atoms with Crippen LogP contribution in [0.2, 0.25) is 0 Å². The van der Waals surface area contributed by atoms with Gasteiger partial charge in [-0.3, -0.25) is 14.7 Å². The quantitative estimate of drug-likeness (QED) is 0.206. The molecule has 0 fully saturated rings. The largest absolute Gasteiger partial charge is 0.284 e.